The number of nitrogens with two attached hydrogens (primary N) is 1. The van der Waals surface area contributed by atoms with Crippen molar-refractivity contribution in [3.05, 3.63) is 35.7 Å². The summed E-state index contributed by atoms with van der Waals surface area (Å²) in [5, 5.41) is 6.54. The van der Waals surface area contributed by atoms with E-state index in [1.54, 1.807) is 0 Å². The van der Waals surface area contributed by atoms with E-state index in [9.17, 15) is 0 Å². The summed E-state index contributed by atoms with van der Waals surface area (Å²) in [6.45, 7) is 9.41. The molecule has 1 aromatic heterocycles. The lowest BCUT2D eigenvalue weighted by molar-refractivity contribution is 0.606. The molecular formula is C17H25N5. The van der Waals surface area contributed by atoms with Crippen LogP contribution in [0, 0.1) is 19.8 Å². The summed E-state index contributed by atoms with van der Waals surface area (Å²) in [6, 6.07) is 6.19. The van der Waals surface area contributed by atoms with Gasteiger partial charge in [0.2, 0.25) is 0 Å². The third-order valence-corrected chi connectivity index (χ3v) is 3.67. The number of aryl methyl sites for hydroxylation is 2. The van der Waals surface area contributed by atoms with E-state index >= 15 is 0 Å². The zero-order valence-electron chi connectivity index (χ0n) is 13.8. The van der Waals surface area contributed by atoms with Gasteiger partial charge in [-0.3, -0.25) is 0 Å². The highest BCUT2D eigenvalue weighted by molar-refractivity contribution is 5.77. The molecule has 0 spiro atoms. The van der Waals surface area contributed by atoms with Gasteiger partial charge in [0.15, 0.2) is 11.6 Å². The van der Waals surface area contributed by atoms with Crippen molar-refractivity contribution in [3.63, 3.8) is 0 Å². The smallest absolute Gasteiger partial charge is 0.159 e. The van der Waals surface area contributed by atoms with Crippen LogP contribution in [0.25, 0.3) is 0 Å². The Bertz CT molecular complexity index is 637. The number of nitrogens with zero attached hydrogens (tertiary/aromatic N) is 2. The number of anilines is 4. The number of nitrogen functional groups attached to an aromatic ring is 1. The van der Waals surface area contributed by atoms with E-state index in [1.165, 1.54) is 17.5 Å². The Kier molecular flexibility index (Phi) is 5.20. The number of hydrogen-bond donors (Lipinski definition) is 3. The summed E-state index contributed by atoms with van der Waals surface area (Å²) < 4.78 is 0. The maximum absolute atomic E-state index is 6.17. The summed E-state index contributed by atoms with van der Waals surface area (Å²) in [4.78, 5) is 8.46. The minimum Gasteiger partial charge on any atom is -0.393 e. The quantitative estimate of drug-likeness (QED) is 0.754. The summed E-state index contributed by atoms with van der Waals surface area (Å²) in [5.74, 6) is 1.95. The molecule has 0 saturated carbocycles. The standard InChI is InChI=1S/C17H25N5/c1-11(2)7-8-19-16-15(18)17(21-10-20-16)22-14-6-5-12(3)13(4)9-14/h5-6,9-11H,7-8,18H2,1-4H3,(H2,19,20,21,22). The normalized spacial score (nSPS) is 10.8. The van der Waals surface area contributed by atoms with E-state index in [0.29, 0.717) is 23.2 Å². The number of nitrogens with one attached hydrogen (secondary N) is 2. The molecule has 1 aromatic carbocycles. The molecule has 2 aromatic rings. The lowest BCUT2D eigenvalue weighted by atomic mass is 10.1. The first-order valence-corrected chi connectivity index (χ1v) is 7.66. The van der Waals surface area contributed by atoms with Crippen LogP contribution in [0.15, 0.2) is 24.5 Å². The van der Waals surface area contributed by atoms with Crippen molar-refractivity contribution in [2.45, 2.75) is 34.1 Å². The van der Waals surface area contributed by atoms with Gasteiger partial charge in [-0.05, 0) is 49.4 Å². The van der Waals surface area contributed by atoms with E-state index in [1.807, 2.05) is 6.07 Å². The van der Waals surface area contributed by atoms with Gasteiger partial charge in [0.25, 0.3) is 0 Å². The number of aromatic nitrogens is 2. The van der Waals surface area contributed by atoms with Crippen LogP contribution in [0.3, 0.4) is 0 Å². The Morgan fingerprint density at radius 2 is 1.82 bits per heavy atom. The predicted molar refractivity (Wildman–Crippen MR) is 93.6 cm³/mol. The highest BCUT2D eigenvalue weighted by Gasteiger charge is 2.08. The lowest BCUT2D eigenvalue weighted by Crippen LogP contribution is -2.10. The molecule has 118 valence electrons. The van der Waals surface area contributed by atoms with Gasteiger partial charge >= 0.3 is 0 Å². The van der Waals surface area contributed by atoms with Gasteiger partial charge < -0.3 is 16.4 Å². The minimum atomic E-state index is 0.546. The molecule has 22 heavy (non-hydrogen) atoms. The molecule has 1 heterocycles. The maximum atomic E-state index is 6.17. The molecule has 4 N–H and O–H groups in total. The monoisotopic (exact) mass is 299 g/mol. The van der Waals surface area contributed by atoms with E-state index < -0.39 is 0 Å². The molecule has 0 aliphatic carbocycles. The Morgan fingerprint density at radius 1 is 1.09 bits per heavy atom. The summed E-state index contributed by atoms with van der Waals surface area (Å²) in [5.41, 5.74) is 10.2. The first-order valence-electron chi connectivity index (χ1n) is 7.66. The van der Waals surface area contributed by atoms with Crippen molar-refractivity contribution in [2.24, 2.45) is 5.92 Å². The van der Waals surface area contributed by atoms with Crippen LogP contribution < -0.4 is 16.4 Å². The van der Waals surface area contributed by atoms with Crippen molar-refractivity contribution < 1.29 is 0 Å². The SMILES string of the molecule is Cc1ccc(Nc2ncnc(NCCC(C)C)c2N)cc1C. The molecule has 0 saturated heterocycles. The fourth-order valence-electron chi connectivity index (χ4n) is 2.07. The van der Waals surface area contributed by atoms with E-state index in [4.69, 9.17) is 5.73 Å². The molecule has 5 nitrogen and oxygen atoms in total. The fourth-order valence-corrected chi connectivity index (χ4v) is 2.07. The van der Waals surface area contributed by atoms with Crippen LogP contribution in [0.2, 0.25) is 0 Å². The number of rotatable bonds is 6. The van der Waals surface area contributed by atoms with Crippen molar-refractivity contribution in [3.8, 4) is 0 Å². The average Bonchev–Trinajstić information content (AvgIpc) is 2.46. The first-order chi connectivity index (χ1) is 10.5. The molecule has 0 amide bonds. The van der Waals surface area contributed by atoms with Crippen molar-refractivity contribution in [1.29, 1.82) is 0 Å². The molecule has 0 fully saturated rings. The first kappa shape index (κ1) is 16.1. The number of hydrogen-bond acceptors (Lipinski definition) is 5. The predicted octanol–water partition coefficient (Wildman–Crippen LogP) is 3.88. The second-order valence-electron chi connectivity index (χ2n) is 6.02. The summed E-state index contributed by atoms with van der Waals surface area (Å²) >= 11 is 0. The van der Waals surface area contributed by atoms with E-state index in [0.717, 1.165) is 18.7 Å². The Balaban J connectivity index is 2.12. The number of benzene rings is 1. The van der Waals surface area contributed by atoms with Crippen LogP contribution in [0.4, 0.5) is 23.0 Å². The minimum absolute atomic E-state index is 0.546. The van der Waals surface area contributed by atoms with Gasteiger partial charge in [0.1, 0.15) is 12.0 Å². The third-order valence-electron chi connectivity index (χ3n) is 3.67. The molecule has 0 bridgehead atoms. The largest absolute Gasteiger partial charge is 0.393 e. The van der Waals surface area contributed by atoms with Gasteiger partial charge in [-0.15, -0.1) is 0 Å². The Morgan fingerprint density at radius 3 is 2.50 bits per heavy atom. The van der Waals surface area contributed by atoms with Crippen LogP contribution in [-0.4, -0.2) is 16.5 Å². The molecular weight excluding hydrogens is 274 g/mol. The van der Waals surface area contributed by atoms with Crippen LogP contribution in [-0.2, 0) is 0 Å². The molecule has 0 aliphatic heterocycles. The van der Waals surface area contributed by atoms with Gasteiger partial charge in [0.05, 0.1) is 0 Å². The van der Waals surface area contributed by atoms with E-state index in [-0.39, 0.29) is 0 Å². The van der Waals surface area contributed by atoms with Gasteiger partial charge in [-0.25, -0.2) is 9.97 Å². The van der Waals surface area contributed by atoms with E-state index in [2.05, 4.69) is 60.4 Å². The second kappa shape index (κ2) is 7.11. The Labute approximate surface area is 132 Å². The van der Waals surface area contributed by atoms with Crippen molar-refractivity contribution in [2.75, 3.05) is 22.9 Å². The molecule has 0 aliphatic rings. The van der Waals surface area contributed by atoms with Crippen molar-refractivity contribution in [1.82, 2.24) is 9.97 Å². The highest BCUT2D eigenvalue weighted by atomic mass is 15.1. The van der Waals surface area contributed by atoms with Gasteiger partial charge in [-0.1, -0.05) is 19.9 Å². The van der Waals surface area contributed by atoms with Gasteiger partial charge in [-0.2, -0.15) is 0 Å². The third kappa shape index (κ3) is 4.10. The second-order valence-corrected chi connectivity index (χ2v) is 6.02. The topological polar surface area (TPSA) is 75.9 Å². The molecule has 2 rings (SSSR count). The lowest BCUT2D eigenvalue weighted by Gasteiger charge is -2.13. The maximum Gasteiger partial charge on any atom is 0.159 e. The summed E-state index contributed by atoms with van der Waals surface area (Å²) in [6.07, 6.45) is 2.60. The zero-order valence-corrected chi connectivity index (χ0v) is 13.8. The van der Waals surface area contributed by atoms with Crippen LogP contribution in [0.5, 0.6) is 0 Å². The molecule has 0 unspecified atom stereocenters. The average molecular weight is 299 g/mol. The molecule has 0 radical (unpaired) electrons. The van der Waals surface area contributed by atoms with Crippen molar-refractivity contribution >= 4 is 23.0 Å². The van der Waals surface area contributed by atoms with Crippen LogP contribution in [0.1, 0.15) is 31.4 Å². The summed E-state index contributed by atoms with van der Waals surface area (Å²) in [7, 11) is 0. The molecule has 5 heteroatoms. The van der Waals surface area contributed by atoms with Crippen LogP contribution >= 0.6 is 0 Å². The zero-order chi connectivity index (χ0) is 16.1. The van der Waals surface area contributed by atoms with Gasteiger partial charge in [0, 0.05) is 12.2 Å². The molecule has 0 atom stereocenters. The fraction of sp³-hybridized carbons (Fsp3) is 0.412. The highest BCUT2D eigenvalue weighted by Crippen LogP contribution is 2.26. The Hall–Kier alpha value is -2.30.